The highest BCUT2D eigenvalue weighted by atomic mass is 16.5. The number of ether oxygens (including phenoxy) is 1. The highest BCUT2D eigenvalue weighted by molar-refractivity contribution is 5.99. The molecule has 2 aromatic carbocycles. The normalized spacial score (nSPS) is 21.6. The predicted octanol–water partition coefficient (Wildman–Crippen LogP) is 4.33. The van der Waals surface area contributed by atoms with Gasteiger partial charge in [0.1, 0.15) is 11.4 Å². The molecule has 1 atom stereocenters. The lowest BCUT2D eigenvalue weighted by Crippen LogP contribution is -2.61. The van der Waals surface area contributed by atoms with Crippen molar-refractivity contribution >= 4 is 28.4 Å². The first kappa shape index (κ1) is 15.8. The molecule has 132 valence electrons. The zero-order valence-electron chi connectivity index (χ0n) is 15.4. The van der Waals surface area contributed by atoms with Gasteiger partial charge >= 0.3 is 0 Å². The van der Waals surface area contributed by atoms with Crippen LogP contribution in [0.2, 0.25) is 0 Å². The van der Waals surface area contributed by atoms with Gasteiger partial charge in [0.15, 0.2) is 0 Å². The van der Waals surface area contributed by atoms with E-state index in [1.165, 1.54) is 0 Å². The van der Waals surface area contributed by atoms with Crippen LogP contribution in [-0.4, -0.2) is 24.0 Å². The molecule has 2 aliphatic rings. The summed E-state index contributed by atoms with van der Waals surface area (Å²) in [6, 6.07) is 14.0. The molecule has 0 amide bonds. The number of hydrogen-bond acceptors (Lipinski definition) is 5. The van der Waals surface area contributed by atoms with Crippen molar-refractivity contribution in [3.8, 4) is 11.8 Å². The van der Waals surface area contributed by atoms with E-state index >= 15 is 0 Å². The average molecular weight is 354 g/mol. The van der Waals surface area contributed by atoms with E-state index in [1.807, 2.05) is 55.9 Å². The summed E-state index contributed by atoms with van der Waals surface area (Å²) in [4.78, 5) is 11.1. The third-order valence-electron chi connectivity index (χ3n) is 5.94. The van der Waals surface area contributed by atoms with Crippen molar-refractivity contribution in [2.24, 2.45) is 4.99 Å². The monoisotopic (exact) mass is 354 g/mol. The van der Waals surface area contributed by atoms with Crippen LogP contribution in [0.1, 0.15) is 25.0 Å². The van der Waals surface area contributed by atoms with E-state index in [0.717, 1.165) is 33.5 Å². The lowest BCUT2D eigenvalue weighted by molar-refractivity contribution is 0.0826. The number of aromatic nitrogens is 1. The Morgan fingerprint density at radius 1 is 1.15 bits per heavy atom. The van der Waals surface area contributed by atoms with Gasteiger partial charge in [-0.25, -0.2) is 0 Å². The number of anilines is 1. The zero-order chi connectivity index (χ0) is 18.8. The molecule has 5 heteroatoms. The fraction of sp³-hybridized carbons (Fsp3) is 0.227. The van der Waals surface area contributed by atoms with Crippen molar-refractivity contribution in [3.63, 3.8) is 0 Å². The highest BCUT2D eigenvalue weighted by Gasteiger charge is 2.58. The standard InChI is InChI=1S/C22H18N4O/c1-21(2)17-10-14(11-23)4-6-18(17)26(3)22(21)13-25-20-16-8-9-24-12-15(16)5-7-19(20)27-22/h4-10,12-13H,1-3H3. The van der Waals surface area contributed by atoms with Gasteiger partial charge in [0.25, 0.3) is 0 Å². The van der Waals surface area contributed by atoms with Crippen LogP contribution in [0.4, 0.5) is 11.4 Å². The van der Waals surface area contributed by atoms with Crippen LogP contribution >= 0.6 is 0 Å². The summed E-state index contributed by atoms with van der Waals surface area (Å²) in [6.45, 7) is 4.27. The number of nitrogens with zero attached hydrogens (tertiary/aromatic N) is 4. The zero-order valence-corrected chi connectivity index (χ0v) is 15.4. The van der Waals surface area contributed by atoms with Gasteiger partial charge in [-0.2, -0.15) is 5.26 Å². The fourth-order valence-electron chi connectivity index (χ4n) is 4.33. The molecule has 0 saturated heterocycles. The Bertz CT molecular complexity index is 1170. The van der Waals surface area contributed by atoms with Gasteiger partial charge in [-0.1, -0.05) is 0 Å². The first-order valence-electron chi connectivity index (χ1n) is 8.87. The van der Waals surface area contributed by atoms with E-state index in [9.17, 15) is 5.26 Å². The third kappa shape index (κ3) is 1.87. The second-order valence-electron chi connectivity index (χ2n) is 7.59. The summed E-state index contributed by atoms with van der Waals surface area (Å²) in [5.41, 5.74) is 2.48. The Kier molecular flexibility index (Phi) is 2.98. The summed E-state index contributed by atoms with van der Waals surface area (Å²) in [7, 11) is 2.02. The van der Waals surface area contributed by atoms with Crippen molar-refractivity contribution in [2.45, 2.75) is 25.0 Å². The van der Waals surface area contributed by atoms with Gasteiger partial charge in [-0.3, -0.25) is 9.98 Å². The molecule has 0 radical (unpaired) electrons. The molecule has 2 aliphatic heterocycles. The Morgan fingerprint density at radius 3 is 2.81 bits per heavy atom. The van der Waals surface area contributed by atoms with Gasteiger partial charge in [0.05, 0.1) is 23.3 Å². The van der Waals surface area contributed by atoms with Gasteiger partial charge in [0, 0.05) is 35.9 Å². The van der Waals surface area contributed by atoms with Gasteiger partial charge in [0.2, 0.25) is 5.72 Å². The molecule has 1 aromatic heterocycles. The average Bonchev–Trinajstić information content (AvgIpc) is 2.86. The minimum absolute atomic E-state index is 0.391. The van der Waals surface area contributed by atoms with Crippen LogP contribution in [0.15, 0.2) is 53.8 Å². The molecule has 0 bridgehead atoms. The molecule has 27 heavy (non-hydrogen) atoms. The molecule has 0 N–H and O–H groups in total. The third-order valence-corrected chi connectivity index (χ3v) is 5.94. The van der Waals surface area contributed by atoms with Crippen LogP contribution in [0, 0.1) is 11.3 Å². The molecule has 0 fully saturated rings. The molecular weight excluding hydrogens is 336 g/mol. The molecule has 5 nitrogen and oxygen atoms in total. The largest absolute Gasteiger partial charge is 0.459 e. The maximum Gasteiger partial charge on any atom is 0.228 e. The second kappa shape index (κ2) is 5.08. The maximum atomic E-state index is 9.31. The summed E-state index contributed by atoms with van der Waals surface area (Å²) in [6.07, 6.45) is 5.51. The SMILES string of the molecule is CN1c2ccc(C#N)cc2C(C)(C)C12C=Nc1c(ccc3cnccc13)O2. The summed E-state index contributed by atoms with van der Waals surface area (Å²) < 4.78 is 6.65. The number of pyridine rings is 1. The minimum atomic E-state index is -0.753. The van der Waals surface area contributed by atoms with Gasteiger partial charge in [-0.05, 0) is 55.8 Å². The number of benzene rings is 2. The Morgan fingerprint density at radius 2 is 2.00 bits per heavy atom. The van der Waals surface area contributed by atoms with Crippen LogP contribution < -0.4 is 9.64 Å². The topological polar surface area (TPSA) is 61.5 Å². The molecule has 3 heterocycles. The van der Waals surface area contributed by atoms with E-state index in [1.54, 1.807) is 6.20 Å². The second-order valence-corrected chi connectivity index (χ2v) is 7.59. The molecule has 1 unspecified atom stereocenters. The molecule has 3 aromatic rings. The maximum absolute atomic E-state index is 9.31. The summed E-state index contributed by atoms with van der Waals surface area (Å²) >= 11 is 0. The first-order valence-corrected chi connectivity index (χ1v) is 8.87. The number of aliphatic imine (C=N–C) groups is 1. The van der Waals surface area contributed by atoms with Crippen LogP contribution in [0.3, 0.4) is 0 Å². The van der Waals surface area contributed by atoms with Crippen molar-refractivity contribution in [3.05, 3.63) is 59.9 Å². The Hall–Kier alpha value is -3.39. The molecule has 5 rings (SSSR count). The molecule has 0 saturated carbocycles. The smallest absolute Gasteiger partial charge is 0.228 e. The quantitative estimate of drug-likeness (QED) is 0.603. The van der Waals surface area contributed by atoms with E-state index in [2.05, 4.69) is 29.8 Å². The van der Waals surface area contributed by atoms with Crippen LogP contribution in [0.25, 0.3) is 10.8 Å². The molecule has 0 aliphatic carbocycles. The molecule has 1 spiro atoms. The number of rotatable bonds is 0. The predicted molar refractivity (Wildman–Crippen MR) is 106 cm³/mol. The van der Waals surface area contributed by atoms with Crippen molar-refractivity contribution in [1.82, 2.24) is 4.98 Å². The lowest BCUT2D eigenvalue weighted by atomic mass is 9.77. The van der Waals surface area contributed by atoms with Gasteiger partial charge < -0.3 is 9.64 Å². The number of nitriles is 1. The summed E-state index contributed by atoms with van der Waals surface area (Å²) in [5, 5.41) is 11.4. The summed E-state index contributed by atoms with van der Waals surface area (Å²) in [5.74, 6) is 0.754. The van der Waals surface area contributed by atoms with Crippen molar-refractivity contribution in [2.75, 3.05) is 11.9 Å². The van der Waals surface area contributed by atoms with E-state index in [4.69, 9.17) is 9.73 Å². The van der Waals surface area contributed by atoms with Gasteiger partial charge in [-0.15, -0.1) is 0 Å². The molecular formula is C22H18N4O. The Labute approximate surface area is 157 Å². The Balaban J connectivity index is 1.70. The fourth-order valence-corrected chi connectivity index (χ4v) is 4.33. The van der Waals surface area contributed by atoms with E-state index in [0.29, 0.717) is 5.56 Å². The minimum Gasteiger partial charge on any atom is -0.459 e. The lowest BCUT2D eigenvalue weighted by Gasteiger charge is -2.44. The van der Waals surface area contributed by atoms with Crippen molar-refractivity contribution in [1.29, 1.82) is 5.26 Å². The van der Waals surface area contributed by atoms with Crippen LogP contribution in [-0.2, 0) is 5.41 Å². The van der Waals surface area contributed by atoms with E-state index in [-0.39, 0.29) is 0 Å². The number of likely N-dealkylation sites (N-methyl/N-ethyl adjacent to an activating group) is 1. The number of hydrogen-bond donors (Lipinski definition) is 0. The first-order chi connectivity index (χ1) is 13.0. The van der Waals surface area contributed by atoms with E-state index < -0.39 is 11.1 Å². The highest BCUT2D eigenvalue weighted by Crippen LogP contribution is 2.54. The van der Waals surface area contributed by atoms with Crippen molar-refractivity contribution < 1.29 is 4.74 Å². The number of fused-ring (bicyclic) bond motifs is 4. The van der Waals surface area contributed by atoms with Crippen LogP contribution in [0.5, 0.6) is 5.75 Å².